The number of benzene rings is 1. The van der Waals surface area contributed by atoms with Crippen LogP contribution < -0.4 is 9.47 Å². The van der Waals surface area contributed by atoms with Gasteiger partial charge in [-0.3, -0.25) is 4.79 Å². The van der Waals surface area contributed by atoms with E-state index in [2.05, 4.69) is 25.9 Å². The monoisotopic (exact) mass is 408 g/mol. The Balaban J connectivity index is 1.84. The molecule has 3 aromatic rings. The fourth-order valence-corrected chi connectivity index (χ4v) is 3.63. The average molecular weight is 409 g/mol. The number of ether oxygens (including phenoxy) is 2. The molecule has 30 heavy (non-hydrogen) atoms. The molecule has 3 heterocycles. The van der Waals surface area contributed by atoms with E-state index in [0.29, 0.717) is 35.9 Å². The highest BCUT2D eigenvalue weighted by Gasteiger charge is 2.21. The van der Waals surface area contributed by atoms with Crippen LogP contribution in [0.1, 0.15) is 50.0 Å². The molecule has 0 spiro atoms. The average Bonchev–Trinajstić information content (AvgIpc) is 3.20. The summed E-state index contributed by atoms with van der Waals surface area (Å²) in [4.78, 5) is 19.9. The van der Waals surface area contributed by atoms with Crippen LogP contribution in [0.5, 0.6) is 11.5 Å². The van der Waals surface area contributed by atoms with Crippen LogP contribution in [0.3, 0.4) is 0 Å². The number of carbonyl (C=O) groups excluding carboxylic acids is 1. The Labute approximate surface area is 176 Å². The molecule has 1 aromatic carbocycles. The molecule has 0 bridgehead atoms. The lowest BCUT2D eigenvalue weighted by Gasteiger charge is -2.20. The standard InChI is InChI=1S/C23H28N4O3/c1-5-6-9-26(4)23(28)17-13-19(25-22-18(17)14-24-27(22)15(2)3)16-7-8-20-21(12-16)30-11-10-29-20/h7-8,12-15H,5-6,9-11H2,1-4H3. The quantitative estimate of drug-likeness (QED) is 0.607. The van der Waals surface area contributed by atoms with E-state index in [1.807, 2.05) is 36.0 Å². The van der Waals surface area contributed by atoms with Crippen molar-refractivity contribution >= 4 is 16.9 Å². The van der Waals surface area contributed by atoms with Crippen molar-refractivity contribution in [1.29, 1.82) is 0 Å². The van der Waals surface area contributed by atoms with Crippen LogP contribution >= 0.6 is 0 Å². The normalized spacial score (nSPS) is 13.1. The maximum Gasteiger partial charge on any atom is 0.254 e. The van der Waals surface area contributed by atoms with Crippen LogP contribution in [0.4, 0.5) is 0 Å². The number of hydrogen-bond acceptors (Lipinski definition) is 5. The van der Waals surface area contributed by atoms with Gasteiger partial charge in [-0.05, 0) is 44.5 Å². The number of nitrogens with zero attached hydrogens (tertiary/aromatic N) is 4. The second kappa shape index (κ2) is 8.34. The summed E-state index contributed by atoms with van der Waals surface area (Å²) in [6, 6.07) is 7.77. The Bertz CT molecular complexity index is 1070. The molecular formula is C23H28N4O3. The fraction of sp³-hybridized carbons (Fsp3) is 0.435. The number of amides is 1. The molecule has 0 fully saturated rings. The zero-order valence-electron chi connectivity index (χ0n) is 18.0. The van der Waals surface area contributed by atoms with Gasteiger partial charge in [-0.15, -0.1) is 0 Å². The topological polar surface area (TPSA) is 69.5 Å². The first-order chi connectivity index (χ1) is 14.5. The van der Waals surface area contributed by atoms with Crippen molar-refractivity contribution in [2.45, 2.75) is 39.7 Å². The van der Waals surface area contributed by atoms with E-state index in [-0.39, 0.29) is 11.9 Å². The third kappa shape index (κ3) is 3.72. The maximum atomic E-state index is 13.3. The number of unbranched alkanes of at least 4 members (excludes halogenated alkanes) is 1. The van der Waals surface area contributed by atoms with E-state index in [1.165, 1.54) is 0 Å². The minimum Gasteiger partial charge on any atom is -0.486 e. The first-order valence-corrected chi connectivity index (χ1v) is 10.5. The molecule has 1 amide bonds. The second-order valence-electron chi connectivity index (χ2n) is 7.91. The summed E-state index contributed by atoms with van der Waals surface area (Å²) >= 11 is 0. The highest BCUT2D eigenvalue weighted by molar-refractivity contribution is 6.06. The van der Waals surface area contributed by atoms with Gasteiger partial charge in [-0.25, -0.2) is 9.67 Å². The van der Waals surface area contributed by atoms with Crippen LogP contribution in [0.2, 0.25) is 0 Å². The zero-order valence-corrected chi connectivity index (χ0v) is 18.0. The highest BCUT2D eigenvalue weighted by atomic mass is 16.6. The molecular weight excluding hydrogens is 380 g/mol. The van der Waals surface area contributed by atoms with Crippen LogP contribution in [0, 0.1) is 0 Å². The van der Waals surface area contributed by atoms with Crippen molar-refractivity contribution in [1.82, 2.24) is 19.7 Å². The van der Waals surface area contributed by atoms with Gasteiger partial charge < -0.3 is 14.4 Å². The van der Waals surface area contributed by atoms with Gasteiger partial charge in [0.2, 0.25) is 0 Å². The fourth-order valence-electron chi connectivity index (χ4n) is 3.63. The third-order valence-corrected chi connectivity index (χ3v) is 5.32. The molecule has 1 aliphatic rings. The molecule has 4 rings (SSSR count). The number of aromatic nitrogens is 3. The van der Waals surface area contributed by atoms with Gasteiger partial charge >= 0.3 is 0 Å². The summed E-state index contributed by atoms with van der Waals surface area (Å²) < 4.78 is 13.2. The summed E-state index contributed by atoms with van der Waals surface area (Å²) in [6.45, 7) is 8.02. The van der Waals surface area contributed by atoms with E-state index in [1.54, 1.807) is 11.1 Å². The molecule has 0 unspecified atom stereocenters. The number of carbonyl (C=O) groups is 1. The van der Waals surface area contributed by atoms with Gasteiger partial charge in [0.15, 0.2) is 17.1 Å². The van der Waals surface area contributed by atoms with Crippen molar-refractivity contribution in [2.24, 2.45) is 0 Å². The van der Waals surface area contributed by atoms with Gasteiger partial charge in [-0.1, -0.05) is 13.3 Å². The highest BCUT2D eigenvalue weighted by Crippen LogP contribution is 2.35. The molecule has 158 valence electrons. The summed E-state index contributed by atoms with van der Waals surface area (Å²) in [5.74, 6) is 1.41. The zero-order chi connectivity index (χ0) is 21.3. The summed E-state index contributed by atoms with van der Waals surface area (Å²) in [6.07, 6.45) is 3.75. The molecule has 0 saturated heterocycles. The lowest BCUT2D eigenvalue weighted by atomic mass is 10.0. The molecule has 0 N–H and O–H groups in total. The molecule has 0 saturated carbocycles. The Morgan fingerprint density at radius 3 is 2.70 bits per heavy atom. The van der Waals surface area contributed by atoms with E-state index < -0.39 is 0 Å². The van der Waals surface area contributed by atoms with Gasteiger partial charge in [0.25, 0.3) is 5.91 Å². The maximum absolute atomic E-state index is 13.3. The predicted molar refractivity (Wildman–Crippen MR) is 116 cm³/mol. The van der Waals surface area contributed by atoms with Gasteiger partial charge in [0, 0.05) is 25.2 Å². The Morgan fingerprint density at radius 2 is 1.97 bits per heavy atom. The summed E-state index contributed by atoms with van der Waals surface area (Å²) in [5.41, 5.74) is 2.93. The minimum atomic E-state index is -0.0158. The van der Waals surface area contributed by atoms with E-state index >= 15 is 0 Å². The van der Waals surface area contributed by atoms with Crippen molar-refractivity contribution in [3.63, 3.8) is 0 Å². The summed E-state index contributed by atoms with van der Waals surface area (Å²) in [5, 5.41) is 5.28. The van der Waals surface area contributed by atoms with E-state index in [0.717, 1.165) is 36.1 Å². The Morgan fingerprint density at radius 1 is 1.20 bits per heavy atom. The summed E-state index contributed by atoms with van der Waals surface area (Å²) in [7, 11) is 1.85. The van der Waals surface area contributed by atoms with Gasteiger partial charge in [0.1, 0.15) is 13.2 Å². The van der Waals surface area contributed by atoms with Crippen LogP contribution in [-0.4, -0.2) is 52.4 Å². The molecule has 1 aliphatic heterocycles. The Hall–Kier alpha value is -3.09. The number of hydrogen-bond donors (Lipinski definition) is 0. The second-order valence-corrected chi connectivity index (χ2v) is 7.91. The van der Waals surface area contributed by atoms with Crippen molar-refractivity contribution in [3.8, 4) is 22.8 Å². The first-order valence-electron chi connectivity index (χ1n) is 10.5. The van der Waals surface area contributed by atoms with Crippen LogP contribution in [-0.2, 0) is 0 Å². The number of pyridine rings is 1. The van der Waals surface area contributed by atoms with Gasteiger partial charge in [-0.2, -0.15) is 5.10 Å². The smallest absolute Gasteiger partial charge is 0.254 e. The predicted octanol–water partition coefficient (Wildman–Crippen LogP) is 4.32. The number of rotatable bonds is 6. The lowest BCUT2D eigenvalue weighted by molar-refractivity contribution is 0.0795. The van der Waals surface area contributed by atoms with Crippen molar-refractivity contribution < 1.29 is 14.3 Å². The molecule has 0 radical (unpaired) electrons. The van der Waals surface area contributed by atoms with E-state index in [4.69, 9.17) is 14.5 Å². The molecule has 0 aliphatic carbocycles. The van der Waals surface area contributed by atoms with Crippen molar-refractivity contribution in [2.75, 3.05) is 26.8 Å². The largest absolute Gasteiger partial charge is 0.486 e. The molecule has 2 aromatic heterocycles. The third-order valence-electron chi connectivity index (χ3n) is 5.32. The van der Waals surface area contributed by atoms with E-state index in [9.17, 15) is 4.79 Å². The SMILES string of the molecule is CCCCN(C)C(=O)c1cc(-c2ccc3c(c2)OCCO3)nc2c1cnn2C(C)C. The molecule has 0 atom stereocenters. The van der Waals surface area contributed by atoms with Crippen molar-refractivity contribution in [3.05, 3.63) is 36.0 Å². The molecule has 7 nitrogen and oxygen atoms in total. The lowest BCUT2D eigenvalue weighted by Crippen LogP contribution is -2.28. The minimum absolute atomic E-state index is 0.0158. The first kappa shape index (κ1) is 20.2. The molecule has 7 heteroatoms. The van der Waals surface area contributed by atoms with Crippen LogP contribution in [0.15, 0.2) is 30.5 Å². The number of fused-ring (bicyclic) bond motifs is 2. The Kier molecular flexibility index (Phi) is 5.61. The van der Waals surface area contributed by atoms with Crippen LogP contribution in [0.25, 0.3) is 22.3 Å². The van der Waals surface area contributed by atoms with Gasteiger partial charge in [0.05, 0.1) is 22.8 Å².